The number of nitrogens with one attached hydrogen (secondary N) is 1. The van der Waals surface area contributed by atoms with Crippen molar-refractivity contribution in [2.24, 2.45) is 0 Å². The summed E-state index contributed by atoms with van der Waals surface area (Å²) in [6.45, 7) is 2.03. The molecule has 0 aliphatic carbocycles. The molecule has 0 radical (unpaired) electrons. The van der Waals surface area contributed by atoms with Gasteiger partial charge in [0.2, 0.25) is 0 Å². The molecule has 100 valence electrons. The fourth-order valence-corrected chi connectivity index (χ4v) is 2.18. The van der Waals surface area contributed by atoms with Gasteiger partial charge in [0.1, 0.15) is 11.6 Å². The van der Waals surface area contributed by atoms with Crippen molar-refractivity contribution in [3.05, 3.63) is 58.3 Å². The Morgan fingerprint density at radius 1 is 1.16 bits per heavy atom. The SMILES string of the molecule is COc1ccc(C(C)Nc2cc(F)ccc2Br)cc1. The van der Waals surface area contributed by atoms with E-state index in [2.05, 4.69) is 21.2 Å². The van der Waals surface area contributed by atoms with Crippen LogP contribution in [0.25, 0.3) is 0 Å². The third-order valence-corrected chi connectivity index (χ3v) is 3.61. The van der Waals surface area contributed by atoms with Crippen LogP contribution in [-0.4, -0.2) is 7.11 Å². The van der Waals surface area contributed by atoms with Crippen LogP contribution in [0.3, 0.4) is 0 Å². The summed E-state index contributed by atoms with van der Waals surface area (Å²) < 4.78 is 19.2. The molecule has 0 aliphatic heterocycles. The Kier molecular flexibility index (Phi) is 4.43. The maximum atomic E-state index is 13.2. The van der Waals surface area contributed by atoms with E-state index in [1.165, 1.54) is 12.1 Å². The van der Waals surface area contributed by atoms with Crippen LogP contribution >= 0.6 is 15.9 Å². The Morgan fingerprint density at radius 2 is 1.84 bits per heavy atom. The second-order valence-corrected chi connectivity index (χ2v) is 5.12. The van der Waals surface area contributed by atoms with Gasteiger partial charge in [-0.1, -0.05) is 12.1 Å². The average Bonchev–Trinajstić information content (AvgIpc) is 2.43. The second kappa shape index (κ2) is 6.06. The fraction of sp³-hybridized carbons (Fsp3) is 0.200. The minimum Gasteiger partial charge on any atom is -0.497 e. The number of ether oxygens (including phenoxy) is 1. The molecular weight excluding hydrogens is 309 g/mol. The molecule has 2 aromatic rings. The molecule has 1 N–H and O–H groups in total. The van der Waals surface area contributed by atoms with Gasteiger partial charge in [-0.2, -0.15) is 0 Å². The fourth-order valence-electron chi connectivity index (χ4n) is 1.82. The first-order valence-electron chi connectivity index (χ1n) is 5.95. The van der Waals surface area contributed by atoms with E-state index in [-0.39, 0.29) is 11.9 Å². The Bertz CT molecular complexity index is 557. The smallest absolute Gasteiger partial charge is 0.125 e. The van der Waals surface area contributed by atoms with E-state index >= 15 is 0 Å². The molecule has 19 heavy (non-hydrogen) atoms. The van der Waals surface area contributed by atoms with E-state index in [0.29, 0.717) is 0 Å². The van der Waals surface area contributed by atoms with Crippen LogP contribution in [0, 0.1) is 5.82 Å². The Hall–Kier alpha value is -1.55. The molecule has 0 heterocycles. The highest BCUT2D eigenvalue weighted by atomic mass is 79.9. The maximum absolute atomic E-state index is 13.2. The van der Waals surface area contributed by atoms with Gasteiger partial charge in [0.05, 0.1) is 12.8 Å². The molecule has 0 saturated carbocycles. The van der Waals surface area contributed by atoms with Crippen molar-refractivity contribution in [1.82, 2.24) is 0 Å². The molecule has 0 bridgehead atoms. The average molecular weight is 324 g/mol. The summed E-state index contributed by atoms with van der Waals surface area (Å²) in [6, 6.07) is 12.5. The molecule has 0 fully saturated rings. The monoisotopic (exact) mass is 323 g/mol. The Balaban J connectivity index is 2.15. The van der Waals surface area contributed by atoms with Gasteiger partial charge >= 0.3 is 0 Å². The van der Waals surface area contributed by atoms with Gasteiger partial charge in [-0.25, -0.2) is 4.39 Å². The van der Waals surface area contributed by atoms with E-state index in [9.17, 15) is 4.39 Å². The summed E-state index contributed by atoms with van der Waals surface area (Å²) in [5, 5.41) is 3.28. The Morgan fingerprint density at radius 3 is 2.47 bits per heavy atom. The molecular formula is C15H15BrFNO. The van der Waals surface area contributed by atoms with Crippen molar-refractivity contribution in [3.63, 3.8) is 0 Å². The second-order valence-electron chi connectivity index (χ2n) is 4.26. The number of anilines is 1. The van der Waals surface area contributed by atoms with Crippen LogP contribution < -0.4 is 10.1 Å². The van der Waals surface area contributed by atoms with E-state index in [0.717, 1.165) is 21.5 Å². The topological polar surface area (TPSA) is 21.3 Å². The van der Waals surface area contributed by atoms with Crippen LogP contribution in [0.4, 0.5) is 10.1 Å². The minimum absolute atomic E-state index is 0.0732. The molecule has 0 spiro atoms. The molecule has 1 atom stereocenters. The molecule has 2 aromatic carbocycles. The third-order valence-electron chi connectivity index (χ3n) is 2.92. The van der Waals surface area contributed by atoms with E-state index in [1.54, 1.807) is 13.2 Å². The molecule has 2 nitrogen and oxygen atoms in total. The van der Waals surface area contributed by atoms with Gasteiger partial charge in [-0.3, -0.25) is 0 Å². The predicted molar refractivity (Wildman–Crippen MR) is 79.1 cm³/mol. The van der Waals surface area contributed by atoms with Crippen molar-refractivity contribution in [2.45, 2.75) is 13.0 Å². The van der Waals surface area contributed by atoms with Crippen molar-refractivity contribution in [3.8, 4) is 5.75 Å². The van der Waals surface area contributed by atoms with Crippen molar-refractivity contribution in [2.75, 3.05) is 12.4 Å². The highest BCUT2D eigenvalue weighted by Gasteiger charge is 2.08. The van der Waals surface area contributed by atoms with Gasteiger partial charge < -0.3 is 10.1 Å². The summed E-state index contributed by atoms with van der Waals surface area (Å²) in [4.78, 5) is 0. The summed E-state index contributed by atoms with van der Waals surface area (Å²) in [7, 11) is 1.64. The quantitative estimate of drug-likeness (QED) is 0.875. The highest BCUT2D eigenvalue weighted by molar-refractivity contribution is 9.10. The van der Waals surface area contributed by atoms with Gasteiger partial charge in [0.25, 0.3) is 0 Å². The molecule has 0 amide bonds. The van der Waals surface area contributed by atoms with Crippen LogP contribution in [0.1, 0.15) is 18.5 Å². The number of methoxy groups -OCH3 is 1. The van der Waals surface area contributed by atoms with Gasteiger partial charge in [-0.15, -0.1) is 0 Å². The van der Waals surface area contributed by atoms with Crippen LogP contribution in [0.15, 0.2) is 46.9 Å². The first-order valence-corrected chi connectivity index (χ1v) is 6.75. The summed E-state index contributed by atoms with van der Waals surface area (Å²) in [6.07, 6.45) is 0. The normalized spacial score (nSPS) is 12.0. The predicted octanol–water partition coefficient (Wildman–Crippen LogP) is 4.77. The Labute approximate surface area is 120 Å². The minimum atomic E-state index is -0.257. The first-order chi connectivity index (χ1) is 9.10. The first kappa shape index (κ1) is 13.9. The highest BCUT2D eigenvalue weighted by Crippen LogP contribution is 2.27. The lowest BCUT2D eigenvalue weighted by Crippen LogP contribution is -2.07. The third kappa shape index (κ3) is 3.47. The van der Waals surface area contributed by atoms with E-state index in [1.807, 2.05) is 31.2 Å². The lowest BCUT2D eigenvalue weighted by Gasteiger charge is -2.17. The van der Waals surface area contributed by atoms with Crippen LogP contribution in [0.2, 0.25) is 0 Å². The zero-order valence-electron chi connectivity index (χ0n) is 10.8. The molecule has 2 rings (SSSR count). The van der Waals surface area contributed by atoms with Crippen molar-refractivity contribution in [1.29, 1.82) is 0 Å². The summed E-state index contributed by atoms with van der Waals surface area (Å²) in [5.41, 5.74) is 1.85. The van der Waals surface area contributed by atoms with Gasteiger partial charge in [0, 0.05) is 10.5 Å². The molecule has 1 unspecified atom stereocenters. The maximum Gasteiger partial charge on any atom is 0.125 e. The molecule has 0 aliphatic rings. The standard InChI is InChI=1S/C15H15BrFNO/c1-10(11-3-6-13(19-2)7-4-11)18-15-9-12(17)5-8-14(15)16/h3-10,18H,1-2H3. The van der Waals surface area contributed by atoms with Gasteiger partial charge in [0.15, 0.2) is 0 Å². The van der Waals surface area contributed by atoms with E-state index < -0.39 is 0 Å². The van der Waals surface area contributed by atoms with E-state index in [4.69, 9.17) is 4.74 Å². The molecule has 0 saturated heterocycles. The van der Waals surface area contributed by atoms with Crippen molar-refractivity contribution >= 4 is 21.6 Å². The van der Waals surface area contributed by atoms with Crippen molar-refractivity contribution < 1.29 is 9.13 Å². The van der Waals surface area contributed by atoms with Gasteiger partial charge in [-0.05, 0) is 58.7 Å². The number of rotatable bonds is 4. The number of halogens is 2. The van der Waals surface area contributed by atoms with Crippen LogP contribution in [-0.2, 0) is 0 Å². The summed E-state index contributed by atoms with van der Waals surface area (Å²) >= 11 is 3.41. The number of hydrogen-bond donors (Lipinski definition) is 1. The molecule has 4 heteroatoms. The largest absolute Gasteiger partial charge is 0.497 e. The zero-order valence-corrected chi connectivity index (χ0v) is 12.4. The lowest BCUT2D eigenvalue weighted by atomic mass is 10.1. The number of hydrogen-bond acceptors (Lipinski definition) is 2. The number of benzene rings is 2. The summed E-state index contributed by atoms with van der Waals surface area (Å²) in [5.74, 6) is 0.565. The zero-order chi connectivity index (χ0) is 13.8. The molecule has 0 aromatic heterocycles. The lowest BCUT2D eigenvalue weighted by molar-refractivity contribution is 0.414. The van der Waals surface area contributed by atoms with Crippen LogP contribution in [0.5, 0.6) is 5.75 Å².